The van der Waals surface area contributed by atoms with E-state index in [0.717, 1.165) is 18.4 Å². The Balaban J connectivity index is 1.66. The van der Waals surface area contributed by atoms with Crippen LogP contribution in [0.15, 0.2) is 42.6 Å². The van der Waals surface area contributed by atoms with E-state index in [2.05, 4.69) is 10.3 Å². The molecule has 3 atom stereocenters. The summed E-state index contributed by atoms with van der Waals surface area (Å²) in [6, 6.07) is 10.0. The lowest BCUT2D eigenvalue weighted by Crippen LogP contribution is -2.42. The summed E-state index contributed by atoms with van der Waals surface area (Å²) >= 11 is 0. The molecule has 1 aliphatic carbocycles. The van der Waals surface area contributed by atoms with Gasteiger partial charge in [-0.15, -0.1) is 0 Å². The Labute approximate surface area is 198 Å². The molecule has 34 heavy (non-hydrogen) atoms. The van der Waals surface area contributed by atoms with Crippen molar-refractivity contribution in [1.29, 1.82) is 0 Å². The minimum atomic E-state index is -0.993. The zero-order valence-electron chi connectivity index (χ0n) is 19.8. The Morgan fingerprint density at radius 3 is 2.44 bits per heavy atom. The Hall–Kier alpha value is -3.46. The van der Waals surface area contributed by atoms with E-state index in [9.17, 15) is 14.4 Å². The lowest BCUT2D eigenvalue weighted by Gasteiger charge is -2.26. The first-order valence-corrected chi connectivity index (χ1v) is 11.2. The van der Waals surface area contributed by atoms with Crippen molar-refractivity contribution >= 4 is 17.8 Å². The maximum Gasteiger partial charge on any atom is 0.328 e. The number of hydrogen-bond donors (Lipinski definition) is 1. The minimum absolute atomic E-state index is 0.124. The molecule has 0 unspecified atom stereocenters. The topological polar surface area (TPSA) is 113 Å². The summed E-state index contributed by atoms with van der Waals surface area (Å²) < 4.78 is 22.0. The van der Waals surface area contributed by atoms with Crippen LogP contribution >= 0.6 is 0 Å². The Bertz CT molecular complexity index is 1010. The molecule has 2 aromatic rings. The van der Waals surface area contributed by atoms with Gasteiger partial charge in [0, 0.05) is 19.2 Å². The largest absolute Gasteiger partial charge is 0.493 e. The zero-order chi connectivity index (χ0) is 24.7. The predicted molar refractivity (Wildman–Crippen MR) is 122 cm³/mol. The molecule has 182 valence electrons. The summed E-state index contributed by atoms with van der Waals surface area (Å²) in [5, 5.41) is 2.54. The maximum atomic E-state index is 12.8. The van der Waals surface area contributed by atoms with Gasteiger partial charge >= 0.3 is 11.9 Å². The molecule has 1 N–H and O–H groups in total. The van der Waals surface area contributed by atoms with Crippen molar-refractivity contribution in [3.05, 3.63) is 53.9 Å². The van der Waals surface area contributed by atoms with Crippen molar-refractivity contribution in [2.24, 2.45) is 5.92 Å². The standard InChI is InChI=1S/C25H30N2O7/c1-15(27-24(29)21-23(34-17(3)28)20(31-4)12-13-26-21)25(30)33-16(2)22(32-14-18-10-11-18)19-8-6-5-7-9-19/h5-9,12-13,15-16,18,22H,10-11,14H2,1-4H3,(H,27,29)/t15-,16-,22-/m0/s1. The average Bonchev–Trinajstić information content (AvgIpc) is 3.64. The van der Waals surface area contributed by atoms with Gasteiger partial charge in [0.05, 0.1) is 13.7 Å². The van der Waals surface area contributed by atoms with Gasteiger partial charge in [-0.2, -0.15) is 0 Å². The van der Waals surface area contributed by atoms with Gasteiger partial charge < -0.3 is 24.3 Å². The third kappa shape index (κ3) is 6.77. The molecule has 1 fully saturated rings. The van der Waals surface area contributed by atoms with Crippen LogP contribution in [0.5, 0.6) is 11.5 Å². The third-order valence-electron chi connectivity index (χ3n) is 5.32. The highest BCUT2D eigenvalue weighted by molar-refractivity contribution is 5.98. The lowest BCUT2D eigenvalue weighted by molar-refractivity contribution is -0.158. The number of amides is 1. The van der Waals surface area contributed by atoms with Gasteiger partial charge in [-0.05, 0) is 38.2 Å². The number of nitrogens with one attached hydrogen (secondary N) is 1. The highest BCUT2D eigenvalue weighted by Gasteiger charge is 2.30. The molecule has 1 aromatic heterocycles. The molecule has 1 saturated carbocycles. The van der Waals surface area contributed by atoms with Crippen molar-refractivity contribution in [2.75, 3.05) is 13.7 Å². The van der Waals surface area contributed by atoms with Crippen LogP contribution in [-0.2, 0) is 19.1 Å². The lowest BCUT2D eigenvalue weighted by atomic mass is 10.1. The SMILES string of the molecule is COc1ccnc(C(=O)N[C@@H](C)C(=O)O[C@@H](C)[C@H](OCC2CC2)c2ccccc2)c1OC(C)=O. The monoisotopic (exact) mass is 470 g/mol. The molecule has 9 heteroatoms. The van der Waals surface area contributed by atoms with Crippen LogP contribution in [0.1, 0.15) is 55.8 Å². The summed E-state index contributed by atoms with van der Waals surface area (Å²) in [4.78, 5) is 41.0. The van der Waals surface area contributed by atoms with Gasteiger partial charge in [0.15, 0.2) is 11.4 Å². The van der Waals surface area contributed by atoms with Gasteiger partial charge in [-0.25, -0.2) is 9.78 Å². The number of esters is 2. The molecule has 0 spiro atoms. The minimum Gasteiger partial charge on any atom is -0.493 e. The molecule has 0 bridgehead atoms. The molecule has 1 aliphatic rings. The van der Waals surface area contributed by atoms with Crippen LogP contribution in [0.2, 0.25) is 0 Å². The summed E-state index contributed by atoms with van der Waals surface area (Å²) in [5.41, 5.74) is 0.726. The number of aromatic nitrogens is 1. The normalized spacial score (nSPS) is 15.5. The summed E-state index contributed by atoms with van der Waals surface area (Å²) in [5.74, 6) is -1.39. The van der Waals surface area contributed by atoms with E-state index in [4.69, 9.17) is 18.9 Å². The molecule has 1 aromatic carbocycles. The molecule has 3 rings (SSSR count). The number of pyridine rings is 1. The van der Waals surface area contributed by atoms with Gasteiger partial charge in [0.2, 0.25) is 5.75 Å². The van der Waals surface area contributed by atoms with Crippen molar-refractivity contribution in [3.63, 3.8) is 0 Å². The van der Waals surface area contributed by atoms with E-state index in [1.54, 1.807) is 6.92 Å². The van der Waals surface area contributed by atoms with E-state index in [-0.39, 0.29) is 17.2 Å². The quantitative estimate of drug-likeness (QED) is 0.498. The van der Waals surface area contributed by atoms with Crippen LogP contribution in [0.25, 0.3) is 0 Å². The Morgan fingerprint density at radius 2 is 1.82 bits per heavy atom. The van der Waals surface area contributed by atoms with E-state index in [0.29, 0.717) is 12.5 Å². The zero-order valence-corrected chi connectivity index (χ0v) is 19.8. The van der Waals surface area contributed by atoms with Crippen LogP contribution in [0, 0.1) is 5.92 Å². The average molecular weight is 471 g/mol. The van der Waals surface area contributed by atoms with Crippen LogP contribution < -0.4 is 14.8 Å². The number of benzene rings is 1. The fourth-order valence-electron chi connectivity index (χ4n) is 3.34. The number of nitrogens with zero attached hydrogens (tertiary/aromatic N) is 1. The number of rotatable bonds is 11. The predicted octanol–water partition coefficient (Wildman–Crippen LogP) is 3.23. The molecule has 9 nitrogen and oxygen atoms in total. The molecule has 1 heterocycles. The summed E-state index contributed by atoms with van der Waals surface area (Å²) in [7, 11) is 1.37. The van der Waals surface area contributed by atoms with Gasteiger partial charge in [-0.3, -0.25) is 9.59 Å². The first-order chi connectivity index (χ1) is 16.3. The molecular weight excluding hydrogens is 440 g/mol. The van der Waals surface area contributed by atoms with Crippen LogP contribution in [0.3, 0.4) is 0 Å². The number of carbonyl (C=O) groups is 3. The molecule has 0 saturated heterocycles. The van der Waals surface area contributed by atoms with E-state index >= 15 is 0 Å². The van der Waals surface area contributed by atoms with Gasteiger partial charge in [0.1, 0.15) is 18.2 Å². The van der Waals surface area contributed by atoms with Crippen LogP contribution in [0.4, 0.5) is 0 Å². The molecular formula is C25H30N2O7. The first kappa shape index (κ1) is 25.2. The number of carbonyl (C=O) groups excluding carboxylic acids is 3. The van der Waals surface area contributed by atoms with Gasteiger partial charge in [0.25, 0.3) is 5.91 Å². The van der Waals surface area contributed by atoms with E-state index < -0.39 is 36.1 Å². The molecule has 0 aliphatic heterocycles. The Kier molecular flexibility index (Phi) is 8.59. The Morgan fingerprint density at radius 1 is 1.12 bits per heavy atom. The number of ether oxygens (including phenoxy) is 4. The summed E-state index contributed by atoms with van der Waals surface area (Å²) in [6.07, 6.45) is 2.62. The van der Waals surface area contributed by atoms with Gasteiger partial charge in [-0.1, -0.05) is 30.3 Å². The fourth-order valence-corrected chi connectivity index (χ4v) is 3.34. The second-order valence-corrected chi connectivity index (χ2v) is 8.23. The highest BCUT2D eigenvalue weighted by atomic mass is 16.6. The summed E-state index contributed by atoms with van der Waals surface area (Å²) in [6.45, 7) is 5.07. The van der Waals surface area contributed by atoms with Crippen molar-refractivity contribution < 1.29 is 33.3 Å². The smallest absolute Gasteiger partial charge is 0.328 e. The van der Waals surface area contributed by atoms with E-state index in [1.807, 2.05) is 30.3 Å². The van der Waals surface area contributed by atoms with Crippen molar-refractivity contribution in [2.45, 2.75) is 51.9 Å². The third-order valence-corrected chi connectivity index (χ3v) is 5.32. The number of hydrogen-bond acceptors (Lipinski definition) is 8. The fraction of sp³-hybridized carbons (Fsp3) is 0.440. The van der Waals surface area contributed by atoms with Crippen LogP contribution in [-0.4, -0.2) is 48.7 Å². The number of methoxy groups -OCH3 is 1. The maximum absolute atomic E-state index is 12.8. The van der Waals surface area contributed by atoms with E-state index in [1.165, 1.54) is 33.2 Å². The second-order valence-electron chi connectivity index (χ2n) is 8.23. The first-order valence-electron chi connectivity index (χ1n) is 11.2. The van der Waals surface area contributed by atoms with Crippen molar-refractivity contribution in [3.8, 4) is 11.5 Å². The molecule has 1 amide bonds. The second kappa shape index (κ2) is 11.6. The van der Waals surface area contributed by atoms with Crippen molar-refractivity contribution in [1.82, 2.24) is 10.3 Å². The molecule has 0 radical (unpaired) electrons. The highest BCUT2D eigenvalue weighted by Crippen LogP contribution is 2.33.